The number of carbonyl (C=O) groups is 1. The summed E-state index contributed by atoms with van der Waals surface area (Å²) in [5, 5.41) is 3.72. The Morgan fingerprint density at radius 2 is 1.83 bits per heavy atom. The van der Waals surface area contributed by atoms with E-state index in [1.165, 1.54) is 6.08 Å². The number of anilines is 1. The maximum atomic E-state index is 12.0. The first-order valence-corrected chi connectivity index (χ1v) is 7.71. The third-order valence-electron chi connectivity index (χ3n) is 3.17. The Morgan fingerprint density at radius 3 is 2.57 bits per heavy atom. The quantitative estimate of drug-likeness (QED) is 0.834. The molecule has 2 aromatic carbocycles. The maximum Gasteiger partial charge on any atom is 0.248 e. The summed E-state index contributed by atoms with van der Waals surface area (Å²) in [4.78, 5) is 12.0. The zero-order valence-corrected chi connectivity index (χ0v) is 13.5. The summed E-state index contributed by atoms with van der Waals surface area (Å²) < 4.78 is 10.9. The van der Waals surface area contributed by atoms with E-state index in [4.69, 9.17) is 32.7 Å². The number of carbonyl (C=O) groups excluding carboxylic acids is 1. The first kappa shape index (κ1) is 15.7. The molecule has 0 radical (unpaired) electrons. The van der Waals surface area contributed by atoms with Gasteiger partial charge in [-0.25, -0.2) is 0 Å². The second-order valence-electron chi connectivity index (χ2n) is 4.85. The monoisotopic (exact) mass is 349 g/mol. The zero-order chi connectivity index (χ0) is 16.2. The van der Waals surface area contributed by atoms with Crippen LogP contribution in [0.4, 0.5) is 5.69 Å². The minimum atomic E-state index is -0.302. The lowest BCUT2D eigenvalue weighted by molar-refractivity contribution is -0.111. The average Bonchev–Trinajstić information content (AvgIpc) is 2.54. The SMILES string of the molecule is O=C(/C=C/c1cccc(Cl)c1)Nc1cc2c(cc1Cl)OCCO2. The number of ether oxygens (including phenoxy) is 2. The molecule has 0 bridgehead atoms. The summed E-state index contributed by atoms with van der Waals surface area (Å²) in [5.41, 5.74) is 1.30. The van der Waals surface area contributed by atoms with Crippen molar-refractivity contribution in [2.75, 3.05) is 18.5 Å². The Kier molecular flexibility index (Phi) is 4.74. The van der Waals surface area contributed by atoms with Crippen molar-refractivity contribution in [1.29, 1.82) is 0 Å². The maximum absolute atomic E-state index is 12.0. The zero-order valence-electron chi connectivity index (χ0n) is 12.0. The van der Waals surface area contributed by atoms with E-state index in [-0.39, 0.29) is 5.91 Å². The molecule has 0 spiro atoms. The van der Waals surface area contributed by atoms with Gasteiger partial charge in [0.05, 0.1) is 10.7 Å². The highest BCUT2D eigenvalue weighted by Crippen LogP contribution is 2.37. The molecule has 0 atom stereocenters. The molecule has 4 nitrogen and oxygen atoms in total. The summed E-state index contributed by atoms with van der Waals surface area (Å²) >= 11 is 12.1. The summed E-state index contributed by atoms with van der Waals surface area (Å²) in [6, 6.07) is 10.5. The molecule has 118 valence electrons. The molecule has 3 rings (SSSR count). The standard InChI is InChI=1S/C17H13Cl2NO3/c18-12-3-1-2-11(8-12)4-5-17(21)20-14-10-16-15(9-13(14)19)22-6-7-23-16/h1-5,8-10H,6-7H2,(H,20,21)/b5-4+. The van der Waals surface area contributed by atoms with E-state index in [2.05, 4.69) is 5.32 Å². The van der Waals surface area contributed by atoms with Crippen LogP contribution in [-0.4, -0.2) is 19.1 Å². The number of hydrogen-bond donors (Lipinski definition) is 1. The second-order valence-corrected chi connectivity index (χ2v) is 5.70. The minimum Gasteiger partial charge on any atom is -0.486 e. The van der Waals surface area contributed by atoms with Gasteiger partial charge in [-0.05, 0) is 23.8 Å². The van der Waals surface area contributed by atoms with Crippen molar-refractivity contribution < 1.29 is 14.3 Å². The molecule has 23 heavy (non-hydrogen) atoms. The van der Waals surface area contributed by atoms with Gasteiger partial charge in [0.1, 0.15) is 13.2 Å². The highest BCUT2D eigenvalue weighted by molar-refractivity contribution is 6.34. The third-order valence-corrected chi connectivity index (χ3v) is 3.71. The number of amides is 1. The molecule has 2 aromatic rings. The molecule has 1 amide bonds. The van der Waals surface area contributed by atoms with E-state index in [0.717, 1.165) is 5.56 Å². The Morgan fingerprint density at radius 1 is 1.09 bits per heavy atom. The predicted octanol–water partition coefficient (Wildman–Crippen LogP) is 4.42. The fourth-order valence-corrected chi connectivity index (χ4v) is 2.52. The number of halogens is 2. The Labute approximate surface area is 143 Å². The van der Waals surface area contributed by atoms with Crippen LogP contribution in [0.1, 0.15) is 5.56 Å². The highest BCUT2D eigenvalue weighted by Gasteiger charge is 2.15. The van der Waals surface area contributed by atoms with Crippen LogP contribution in [0.2, 0.25) is 10.0 Å². The van der Waals surface area contributed by atoms with Crippen LogP contribution in [0.3, 0.4) is 0 Å². The first-order valence-electron chi connectivity index (χ1n) is 6.95. The number of fused-ring (bicyclic) bond motifs is 1. The van der Waals surface area contributed by atoms with Gasteiger partial charge in [0.25, 0.3) is 0 Å². The number of hydrogen-bond acceptors (Lipinski definition) is 3. The van der Waals surface area contributed by atoms with Crippen LogP contribution >= 0.6 is 23.2 Å². The first-order chi connectivity index (χ1) is 11.1. The lowest BCUT2D eigenvalue weighted by Crippen LogP contribution is -2.16. The van der Waals surface area contributed by atoms with Gasteiger partial charge < -0.3 is 14.8 Å². The molecule has 1 N–H and O–H groups in total. The molecule has 0 aliphatic carbocycles. The third kappa shape index (κ3) is 3.97. The van der Waals surface area contributed by atoms with Crippen LogP contribution in [0.5, 0.6) is 11.5 Å². The Hall–Kier alpha value is -2.17. The molecule has 1 aliphatic rings. The molecule has 1 aliphatic heterocycles. The van der Waals surface area contributed by atoms with Gasteiger partial charge in [-0.3, -0.25) is 4.79 Å². The molecule has 1 heterocycles. The molecule has 0 fully saturated rings. The second kappa shape index (κ2) is 6.94. The van der Waals surface area contributed by atoms with Gasteiger partial charge in [0.2, 0.25) is 5.91 Å². The molecule has 0 saturated carbocycles. The van der Waals surface area contributed by atoms with Gasteiger partial charge in [-0.2, -0.15) is 0 Å². The van der Waals surface area contributed by atoms with Crippen molar-refractivity contribution in [3.63, 3.8) is 0 Å². The summed E-state index contributed by atoms with van der Waals surface area (Å²) in [7, 11) is 0. The van der Waals surface area contributed by atoms with Gasteiger partial charge in [-0.1, -0.05) is 35.3 Å². The van der Waals surface area contributed by atoms with Crippen LogP contribution in [0.15, 0.2) is 42.5 Å². The molecule has 6 heteroatoms. The van der Waals surface area contributed by atoms with E-state index in [0.29, 0.717) is 40.4 Å². The van der Waals surface area contributed by atoms with Gasteiger partial charge >= 0.3 is 0 Å². The van der Waals surface area contributed by atoms with Gasteiger partial charge in [-0.15, -0.1) is 0 Å². The highest BCUT2D eigenvalue weighted by atomic mass is 35.5. The van der Waals surface area contributed by atoms with Crippen LogP contribution in [0.25, 0.3) is 6.08 Å². The van der Waals surface area contributed by atoms with Gasteiger partial charge in [0.15, 0.2) is 11.5 Å². The van der Waals surface area contributed by atoms with Crippen molar-refractivity contribution >= 4 is 40.9 Å². The largest absolute Gasteiger partial charge is 0.486 e. The van der Waals surface area contributed by atoms with Crippen LogP contribution in [0, 0.1) is 0 Å². The van der Waals surface area contributed by atoms with E-state index in [1.807, 2.05) is 12.1 Å². The van der Waals surface area contributed by atoms with Crippen molar-refractivity contribution in [2.24, 2.45) is 0 Å². The molecule has 0 unspecified atom stereocenters. The van der Waals surface area contributed by atoms with E-state index in [1.54, 1.807) is 30.3 Å². The van der Waals surface area contributed by atoms with Crippen molar-refractivity contribution in [3.8, 4) is 11.5 Å². The summed E-state index contributed by atoms with van der Waals surface area (Å²) in [6.07, 6.45) is 3.09. The molecular formula is C17H13Cl2NO3. The van der Waals surface area contributed by atoms with Crippen LogP contribution in [-0.2, 0) is 4.79 Å². The molecule has 0 aromatic heterocycles. The predicted molar refractivity (Wildman–Crippen MR) is 91.6 cm³/mol. The summed E-state index contributed by atoms with van der Waals surface area (Å²) in [6.45, 7) is 0.952. The van der Waals surface area contributed by atoms with E-state index in [9.17, 15) is 4.79 Å². The van der Waals surface area contributed by atoms with Crippen molar-refractivity contribution in [1.82, 2.24) is 0 Å². The average molecular weight is 350 g/mol. The molecular weight excluding hydrogens is 337 g/mol. The lowest BCUT2D eigenvalue weighted by atomic mass is 10.2. The Bertz CT molecular complexity index is 774. The summed E-state index contributed by atoms with van der Waals surface area (Å²) in [5.74, 6) is 0.840. The fourth-order valence-electron chi connectivity index (χ4n) is 2.12. The number of nitrogens with one attached hydrogen (secondary N) is 1. The topological polar surface area (TPSA) is 47.6 Å². The van der Waals surface area contributed by atoms with E-state index >= 15 is 0 Å². The molecule has 0 saturated heterocycles. The fraction of sp³-hybridized carbons (Fsp3) is 0.118. The lowest BCUT2D eigenvalue weighted by Gasteiger charge is -2.19. The van der Waals surface area contributed by atoms with E-state index < -0.39 is 0 Å². The number of benzene rings is 2. The Balaban J connectivity index is 1.72. The minimum absolute atomic E-state index is 0.302. The number of rotatable bonds is 3. The van der Waals surface area contributed by atoms with Crippen molar-refractivity contribution in [2.45, 2.75) is 0 Å². The smallest absolute Gasteiger partial charge is 0.248 e. The van der Waals surface area contributed by atoms with Crippen LogP contribution < -0.4 is 14.8 Å². The van der Waals surface area contributed by atoms with Crippen molar-refractivity contribution in [3.05, 3.63) is 58.1 Å². The normalized spacial score (nSPS) is 13.1. The van der Waals surface area contributed by atoms with Gasteiger partial charge in [0, 0.05) is 23.2 Å².